The molecule has 30 heavy (non-hydrogen) atoms. The number of fused-ring (bicyclic) bond motifs is 4. The van der Waals surface area contributed by atoms with Crippen LogP contribution in [-0.2, 0) is 25.0 Å². The summed E-state index contributed by atoms with van der Waals surface area (Å²) in [5, 5.41) is 0. The van der Waals surface area contributed by atoms with Crippen molar-refractivity contribution < 1.29 is 22.7 Å². The zero-order valence-corrected chi connectivity index (χ0v) is 18.4. The topological polar surface area (TPSA) is 84.9 Å². The Morgan fingerprint density at radius 1 is 1.20 bits per heavy atom. The Labute approximate surface area is 178 Å². The molecule has 7 nitrogen and oxygen atoms in total. The normalized spacial score (nSPS) is 38.0. The summed E-state index contributed by atoms with van der Waals surface area (Å²) in [6.07, 6.45) is 5.94. The third kappa shape index (κ3) is 2.83. The minimum Gasteiger partial charge on any atom is -0.476 e. The van der Waals surface area contributed by atoms with E-state index in [1.54, 1.807) is 0 Å². The smallest absolute Gasteiger partial charge is 0.268 e. The molecule has 1 saturated carbocycles. The van der Waals surface area contributed by atoms with Crippen molar-refractivity contribution in [3.05, 3.63) is 29.8 Å². The Kier molecular flexibility index (Phi) is 4.69. The third-order valence-corrected chi connectivity index (χ3v) is 8.50. The van der Waals surface area contributed by atoms with E-state index >= 15 is 0 Å². The highest BCUT2D eigenvalue weighted by molar-refractivity contribution is 7.88. The highest BCUT2D eigenvalue weighted by Crippen LogP contribution is 2.59. The maximum Gasteiger partial charge on any atom is 0.268 e. The lowest BCUT2D eigenvalue weighted by molar-refractivity contribution is -0.163. The van der Waals surface area contributed by atoms with Gasteiger partial charge in [0.25, 0.3) is 5.91 Å². The van der Waals surface area contributed by atoms with E-state index in [1.165, 1.54) is 6.26 Å². The van der Waals surface area contributed by atoms with E-state index in [1.807, 2.05) is 30.0 Å². The Morgan fingerprint density at radius 3 is 2.63 bits per heavy atom. The van der Waals surface area contributed by atoms with E-state index in [-0.39, 0.29) is 29.5 Å². The Hall–Kier alpha value is -1.64. The number of sulfonamides is 1. The van der Waals surface area contributed by atoms with Crippen LogP contribution in [0.3, 0.4) is 0 Å². The van der Waals surface area contributed by atoms with E-state index in [4.69, 9.17) is 9.47 Å². The predicted octanol–water partition coefficient (Wildman–Crippen LogP) is 1.96. The number of nitrogens with one attached hydrogen (secondary N) is 1. The first-order valence-corrected chi connectivity index (χ1v) is 12.9. The van der Waals surface area contributed by atoms with Gasteiger partial charge >= 0.3 is 0 Å². The number of benzene rings is 1. The van der Waals surface area contributed by atoms with Crippen LogP contribution >= 0.6 is 0 Å². The van der Waals surface area contributed by atoms with Crippen LogP contribution in [0.25, 0.3) is 0 Å². The van der Waals surface area contributed by atoms with Gasteiger partial charge in [0.2, 0.25) is 10.0 Å². The Morgan fingerprint density at radius 2 is 1.93 bits per heavy atom. The van der Waals surface area contributed by atoms with E-state index in [0.717, 1.165) is 37.0 Å². The molecule has 4 heterocycles. The zero-order chi connectivity index (χ0) is 21.1. The quantitative estimate of drug-likeness (QED) is 0.786. The average Bonchev–Trinajstić information content (AvgIpc) is 3.23. The molecule has 0 aromatic heterocycles. The second-order valence-electron chi connectivity index (χ2n) is 9.24. The van der Waals surface area contributed by atoms with Gasteiger partial charge in [-0.1, -0.05) is 25.1 Å². The van der Waals surface area contributed by atoms with Crippen molar-refractivity contribution in [1.29, 1.82) is 0 Å². The summed E-state index contributed by atoms with van der Waals surface area (Å²) in [5.74, 6) is 0.792. The minimum atomic E-state index is -3.38. The van der Waals surface area contributed by atoms with Crippen LogP contribution in [0.4, 0.5) is 0 Å². The van der Waals surface area contributed by atoms with Gasteiger partial charge in [-0.3, -0.25) is 4.79 Å². The van der Waals surface area contributed by atoms with Crippen molar-refractivity contribution in [2.75, 3.05) is 19.4 Å². The van der Waals surface area contributed by atoms with E-state index in [9.17, 15) is 13.2 Å². The Balaban J connectivity index is 1.60. The number of hydrogen-bond donors (Lipinski definition) is 1. The van der Waals surface area contributed by atoms with Crippen molar-refractivity contribution in [3.8, 4) is 5.75 Å². The first-order valence-electron chi connectivity index (χ1n) is 11.0. The monoisotopic (exact) mass is 434 g/mol. The van der Waals surface area contributed by atoms with Crippen LogP contribution in [0.2, 0.25) is 0 Å². The van der Waals surface area contributed by atoms with Crippen molar-refractivity contribution in [2.24, 2.45) is 0 Å². The SMILES string of the molecule is CCC12Oc3ccccc3[C@]13CC[C@H](CC3)OCC1[C@@H](NS(C)(=O)=O)CCN1C2=O. The molecule has 1 aromatic rings. The maximum atomic E-state index is 14.2. The number of carbonyl (C=O) groups excluding carboxylic acids is 1. The van der Waals surface area contributed by atoms with Gasteiger partial charge in [0, 0.05) is 23.6 Å². The zero-order valence-electron chi connectivity index (χ0n) is 17.6. The molecule has 1 aliphatic carbocycles. The van der Waals surface area contributed by atoms with Crippen LogP contribution in [0.1, 0.15) is 51.0 Å². The lowest BCUT2D eigenvalue weighted by Crippen LogP contribution is -2.65. The first-order chi connectivity index (χ1) is 14.3. The molecule has 1 N–H and O–H groups in total. The molecule has 8 heteroatoms. The summed E-state index contributed by atoms with van der Waals surface area (Å²) in [6.45, 7) is 2.89. The summed E-state index contributed by atoms with van der Waals surface area (Å²) in [7, 11) is -3.38. The van der Waals surface area contributed by atoms with Gasteiger partial charge in [0.15, 0.2) is 5.60 Å². The third-order valence-electron chi connectivity index (χ3n) is 7.76. The number of rotatable bonds is 3. The van der Waals surface area contributed by atoms with Crippen molar-refractivity contribution in [1.82, 2.24) is 9.62 Å². The van der Waals surface area contributed by atoms with Crippen LogP contribution in [0.5, 0.6) is 5.75 Å². The standard InChI is InChI=1S/C22H30N2O5S/c1-3-22-20(25)24-13-10-17(23-30(2,26)27)18(24)14-28-15-8-11-21(22,12-9-15)16-6-4-5-7-19(16)29-22/h4-7,15,17-18,23H,3,8-14H2,1-2H3/t15-,17-,18?,21-,22?/m0/s1. The molecule has 3 atom stereocenters. The van der Waals surface area contributed by atoms with Crippen molar-refractivity contribution in [2.45, 2.75) is 74.7 Å². The second kappa shape index (κ2) is 6.93. The summed E-state index contributed by atoms with van der Waals surface area (Å²) in [4.78, 5) is 16.0. The molecule has 5 aliphatic rings. The minimum absolute atomic E-state index is 0.0204. The molecular weight excluding hydrogens is 404 g/mol. The lowest BCUT2D eigenvalue weighted by Gasteiger charge is -2.50. The van der Waals surface area contributed by atoms with Gasteiger partial charge in [-0.2, -0.15) is 0 Å². The van der Waals surface area contributed by atoms with Gasteiger partial charge in [-0.15, -0.1) is 0 Å². The average molecular weight is 435 g/mol. The highest BCUT2D eigenvalue weighted by atomic mass is 32.2. The lowest BCUT2D eigenvalue weighted by atomic mass is 9.59. The molecule has 0 radical (unpaired) electrons. The van der Waals surface area contributed by atoms with Crippen LogP contribution in [-0.4, -0.2) is 62.4 Å². The summed E-state index contributed by atoms with van der Waals surface area (Å²) < 4.78 is 39.4. The molecule has 1 amide bonds. The molecule has 1 aromatic carbocycles. The van der Waals surface area contributed by atoms with Gasteiger partial charge in [-0.05, 0) is 44.6 Å². The highest BCUT2D eigenvalue weighted by Gasteiger charge is 2.66. The molecule has 2 bridgehead atoms. The largest absolute Gasteiger partial charge is 0.476 e. The number of amides is 1. The van der Waals surface area contributed by atoms with E-state index in [2.05, 4.69) is 10.8 Å². The van der Waals surface area contributed by atoms with Gasteiger partial charge in [0.05, 0.1) is 25.0 Å². The predicted molar refractivity (Wildman–Crippen MR) is 112 cm³/mol. The second-order valence-corrected chi connectivity index (χ2v) is 11.0. The fraction of sp³-hybridized carbons (Fsp3) is 0.682. The first kappa shape index (κ1) is 20.3. The summed E-state index contributed by atoms with van der Waals surface area (Å²) in [5.41, 5.74) is -0.169. The molecule has 164 valence electrons. The molecule has 2 unspecified atom stereocenters. The van der Waals surface area contributed by atoms with Crippen molar-refractivity contribution >= 4 is 15.9 Å². The molecule has 6 rings (SSSR count). The Bertz CT molecular complexity index is 956. The summed E-state index contributed by atoms with van der Waals surface area (Å²) >= 11 is 0. The molecular formula is C22H30N2O5S. The van der Waals surface area contributed by atoms with Crippen LogP contribution in [0, 0.1) is 0 Å². The van der Waals surface area contributed by atoms with Crippen LogP contribution < -0.4 is 9.46 Å². The van der Waals surface area contributed by atoms with Crippen LogP contribution in [0.15, 0.2) is 24.3 Å². The number of ether oxygens (including phenoxy) is 2. The number of para-hydroxylation sites is 1. The van der Waals surface area contributed by atoms with Gasteiger partial charge < -0.3 is 14.4 Å². The van der Waals surface area contributed by atoms with Gasteiger partial charge in [-0.25, -0.2) is 13.1 Å². The van der Waals surface area contributed by atoms with E-state index in [0.29, 0.717) is 26.0 Å². The summed E-state index contributed by atoms with van der Waals surface area (Å²) in [6, 6.07) is 7.41. The van der Waals surface area contributed by atoms with Crippen molar-refractivity contribution in [3.63, 3.8) is 0 Å². The number of carbonyl (C=O) groups is 1. The van der Waals surface area contributed by atoms with E-state index < -0.39 is 15.6 Å². The fourth-order valence-electron chi connectivity index (χ4n) is 6.38. The number of nitrogens with zero attached hydrogens (tertiary/aromatic N) is 1. The molecule has 1 spiro atoms. The van der Waals surface area contributed by atoms with Gasteiger partial charge in [0.1, 0.15) is 5.75 Å². The fourth-order valence-corrected chi connectivity index (χ4v) is 7.20. The maximum absolute atomic E-state index is 14.2. The molecule has 3 saturated heterocycles. The molecule has 4 fully saturated rings. The number of hydrogen-bond acceptors (Lipinski definition) is 5. The molecule has 4 aliphatic heterocycles.